The largest absolute Gasteiger partial charge is 0.457 e. The van der Waals surface area contributed by atoms with Crippen LogP contribution in [0.2, 0.25) is 5.02 Å². The third-order valence-corrected chi connectivity index (χ3v) is 7.33. The number of aromatic nitrogens is 2. The van der Waals surface area contributed by atoms with Gasteiger partial charge in [0.1, 0.15) is 28.7 Å². The van der Waals surface area contributed by atoms with Crippen LogP contribution in [0.3, 0.4) is 0 Å². The van der Waals surface area contributed by atoms with Crippen molar-refractivity contribution in [2.45, 2.75) is 45.8 Å². The molecule has 1 saturated heterocycles. The van der Waals surface area contributed by atoms with Crippen molar-refractivity contribution in [3.05, 3.63) is 71.1 Å². The molecule has 2 aliphatic rings. The number of carbonyl (C=O) groups is 2. The van der Waals surface area contributed by atoms with Gasteiger partial charge < -0.3 is 29.5 Å². The summed E-state index contributed by atoms with van der Waals surface area (Å²) in [5.74, 6) is 2.78. The van der Waals surface area contributed by atoms with E-state index in [1.54, 1.807) is 17.0 Å². The zero-order valence-corrected chi connectivity index (χ0v) is 25.2. The molecule has 2 aromatic carbocycles. The van der Waals surface area contributed by atoms with Gasteiger partial charge in [-0.1, -0.05) is 23.7 Å². The van der Waals surface area contributed by atoms with Gasteiger partial charge in [-0.3, -0.25) is 4.79 Å². The predicted octanol–water partition coefficient (Wildman–Crippen LogP) is 5.67. The molecule has 1 fully saturated rings. The molecule has 222 valence electrons. The minimum Gasteiger partial charge on any atom is -0.457 e. The van der Waals surface area contributed by atoms with Crippen LogP contribution in [0.25, 0.3) is 0 Å². The summed E-state index contributed by atoms with van der Waals surface area (Å²) in [6.07, 6.45) is 2.27. The number of rotatable bonds is 6. The molecule has 0 saturated carbocycles. The molecule has 2 aliphatic heterocycles. The van der Waals surface area contributed by atoms with Gasteiger partial charge in [-0.15, -0.1) is 0 Å². The number of amides is 2. The summed E-state index contributed by atoms with van der Waals surface area (Å²) in [6, 6.07) is 15.0. The zero-order chi connectivity index (χ0) is 29.9. The van der Waals surface area contributed by atoms with Crippen molar-refractivity contribution in [2.75, 3.05) is 49.5 Å². The van der Waals surface area contributed by atoms with Crippen molar-refractivity contribution in [3.8, 4) is 11.5 Å². The van der Waals surface area contributed by atoms with E-state index in [2.05, 4.69) is 10.3 Å². The lowest BCUT2D eigenvalue weighted by atomic mass is 10.00. The number of halogens is 1. The molecule has 1 aromatic heterocycles. The summed E-state index contributed by atoms with van der Waals surface area (Å²) in [7, 11) is 0. The lowest BCUT2D eigenvalue weighted by Crippen LogP contribution is -2.53. The minimum atomic E-state index is -0.550. The van der Waals surface area contributed by atoms with Crippen LogP contribution in [0, 0.1) is 6.92 Å². The molecule has 0 aliphatic carbocycles. The maximum Gasteiger partial charge on any atom is 0.410 e. The maximum atomic E-state index is 13.3. The number of anilines is 2. The van der Waals surface area contributed by atoms with E-state index in [1.165, 1.54) is 0 Å². The van der Waals surface area contributed by atoms with Crippen LogP contribution in [0.1, 0.15) is 44.6 Å². The molecule has 1 N–H and O–H groups in total. The van der Waals surface area contributed by atoms with Gasteiger partial charge >= 0.3 is 6.09 Å². The standard InChI is InChI=1S/C31H37ClN6O4/c1-21-33-19-26-27(35-23-8-6-10-25(18-23)41-24-9-5-7-22(32)17-24)11-12-38(29(26)34-21)20-28(39)36-13-15-37(16-14-36)30(40)42-31(2,3)4/h5-10,17-19,27,35H,11-16,20H2,1-4H3. The number of benzene rings is 2. The molecular weight excluding hydrogens is 556 g/mol. The van der Waals surface area contributed by atoms with E-state index in [1.807, 2.05) is 80.1 Å². The highest BCUT2D eigenvalue weighted by Gasteiger charge is 2.32. The summed E-state index contributed by atoms with van der Waals surface area (Å²) in [5, 5.41) is 4.22. The molecule has 0 radical (unpaired) electrons. The number of fused-ring (bicyclic) bond motifs is 1. The second-order valence-electron chi connectivity index (χ2n) is 11.5. The average molecular weight is 593 g/mol. The van der Waals surface area contributed by atoms with Gasteiger partial charge in [0, 0.05) is 61.3 Å². The summed E-state index contributed by atoms with van der Waals surface area (Å²) in [5.41, 5.74) is 1.29. The predicted molar refractivity (Wildman–Crippen MR) is 162 cm³/mol. The normalized spacial score (nSPS) is 17.0. The van der Waals surface area contributed by atoms with Crippen molar-refractivity contribution in [1.82, 2.24) is 19.8 Å². The van der Waals surface area contributed by atoms with Gasteiger partial charge in [0.25, 0.3) is 0 Å². The molecular formula is C31H37ClN6O4. The maximum absolute atomic E-state index is 13.3. The first-order valence-corrected chi connectivity index (χ1v) is 14.6. The van der Waals surface area contributed by atoms with Crippen LogP contribution in [0.4, 0.5) is 16.3 Å². The molecule has 42 heavy (non-hydrogen) atoms. The number of hydrogen-bond acceptors (Lipinski definition) is 8. The van der Waals surface area contributed by atoms with Crippen LogP contribution in [-0.2, 0) is 9.53 Å². The summed E-state index contributed by atoms with van der Waals surface area (Å²) >= 11 is 6.10. The van der Waals surface area contributed by atoms with Crippen molar-refractivity contribution >= 4 is 35.1 Å². The molecule has 1 unspecified atom stereocenters. The van der Waals surface area contributed by atoms with Crippen LogP contribution in [0.5, 0.6) is 11.5 Å². The molecule has 0 bridgehead atoms. The highest BCUT2D eigenvalue weighted by Crippen LogP contribution is 2.35. The molecule has 3 heterocycles. The van der Waals surface area contributed by atoms with Crippen LogP contribution < -0.4 is 15.0 Å². The summed E-state index contributed by atoms with van der Waals surface area (Å²) in [4.78, 5) is 40.4. The van der Waals surface area contributed by atoms with Gasteiger partial charge in [0.2, 0.25) is 5.91 Å². The van der Waals surface area contributed by atoms with Gasteiger partial charge in [-0.05, 0) is 64.4 Å². The number of aryl methyl sites for hydroxylation is 1. The van der Waals surface area contributed by atoms with E-state index in [0.29, 0.717) is 55.1 Å². The number of hydrogen-bond donors (Lipinski definition) is 1. The third-order valence-electron chi connectivity index (χ3n) is 7.10. The van der Waals surface area contributed by atoms with E-state index in [4.69, 9.17) is 26.1 Å². The fourth-order valence-electron chi connectivity index (χ4n) is 5.06. The quantitative estimate of drug-likeness (QED) is 0.391. The van der Waals surface area contributed by atoms with Crippen molar-refractivity contribution in [2.24, 2.45) is 0 Å². The third kappa shape index (κ3) is 7.42. The average Bonchev–Trinajstić information content (AvgIpc) is 2.93. The summed E-state index contributed by atoms with van der Waals surface area (Å²) < 4.78 is 11.5. The number of nitrogens with zero attached hydrogens (tertiary/aromatic N) is 5. The van der Waals surface area contributed by atoms with Crippen LogP contribution in [-0.4, -0.2) is 76.6 Å². The Balaban J connectivity index is 1.23. The Morgan fingerprint density at radius 2 is 1.69 bits per heavy atom. The van der Waals surface area contributed by atoms with E-state index in [-0.39, 0.29) is 24.6 Å². The molecule has 1 atom stereocenters. The Morgan fingerprint density at radius 1 is 1.00 bits per heavy atom. The second-order valence-corrected chi connectivity index (χ2v) is 12.0. The van der Waals surface area contributed by atoms with Gasteiger partial charge in [0.15, 0.2) is 0 Å². The molecule has 0 spiro atoms. The van der Waals surface area contributed by atoms with E-state index in [9.17, 15) is 9.59 Å². The Labute approximate surface area is 251 Å². The first-order valence-electron chi connectivity index (χ1n) is 14.2. The molecule has 2 amide bonds. The van der Waals surface area contributed by atoms with Gasteiger partial charge in [0.05, 0.1) is 12.6 Å². The van der Waals surface area contributed by atoms with E-state index < -0.39 is 5.60 Å². The highest BCUT2D eigenvalue weighted by molar-refractivity contribution is 6.30. The molecule has 11 heteroatoms. The van der Waals surface area contributed by atoms with Gasteiger partial charge in [-0.2, -0.15) is 0 Å². The van der Waals surface area contributed by atoms with Gasteiger partial charge in [-0.25, -0.2) is 14.8 Å². The fraction of sp³-hybridized carbons (Fsp3) is 0.419. The molecule has 3 aromatic rings. The smallest absolute Gasteiger partial charge is 0.410 e. The second kappa shape index (κ2) is 12.4. The molecule has 5 rings (SSSR count). The zero-order valence-electron chi connectivity index (χ0n) is 24.5. The lowest BCUT2D eigenvalue weighted by Gasteiger charge is -2.38. The van der Waals surface area contributed by atoms with E-state index >= 15 is 0 Å². The lowest BCUT2D eigenvalue weighted by molar-refractivity contribution is -0.131. The number of ether oxygens (including phenoxy) is 2. The van der Waals surface area contributed by atoms with Crippen molar-refractivity contribution in [3.63, 3.8) is 0 Å². The Kier molecular flexibility index (Phi) is 8.72. The van der Waals surface area contributed by atoms with Crippen LogP contribution in [0.15, 0.2) is 54.7 Å². The Hall–Kier alpha value is -4.05. The van der Waals surface area contributed by atoms with Crippen molar-refractivity contribution < 1.29 is 19.1 Å². The number of carbonyl (C=O) groups excluding carboxylic acids is 2. The van der Waals surface area contributed by atoms with E-state index in [0.717, 1.165) is 23.5 Å². The SMILES string of the molecule is Cc1ncc2c(n1)N(CC(=O)N1CCN(C(=O)OC(C)(C)C)CC1)CCC2Nc1cccc(Oc2cccc(Cl)c2)c1. The Morgan fingerprint density at radius 3 is 2.40 bits per heavy atom. The summed E-state index contributed by atoms with van der Waals surface area (Å²) in [6.45, 7) is 10.1. The van der Waals surface area contributed by atoms with Crippen LogP contribution >= 0.6 is 11.6 Å². The fourth-order valence-corrected chi connectivity index (χ4v) is 5.24. The first kappa shape index (κ1) is 29.4. The minimum absolute atomic E-state index is 0.0123. The highest BCUT2D eigenvalue weighted by atomic mass is 35.5. The van der Waals surface area contributed by atoms with Crippen molar-refractivity contribution in [1.29, 1.82) is 0 Å². The number of nitrogens with one attached hydrogen (secondary N) is 1. The number of piperazine rings is 1. The molecule has 10 nitrogen and oxygen atoms in total. The monoisotopic (exact) mass is 592 g/mol. The Bertz CT molecular complexity index is 1440. The topological polar surface area (TPSA) is 100 Å². The first-order chi connectivity index (χ1) is 20.0.